The van der Waals surface area contributed by atoms with Gasteiger partial charge in [0.05, 0.1) is 36.8 Å². The Hall–Kier alpha value is -3.72. The molecule has 3 aromatic carbocycles. The number of imide groups is 1. The van der Waals surface area contributed by atoms with E-state index in [-0.39, 0.29) is 36.2 Å². The van der Waals surface area contributed by atoms with E-state index in [0.717, 1.165) is 51.8 Å². The Bertz CT molecular complexity index is 1600. The zero-order valence-corrected chi connectivity index (χ0v) is 26.3. The van der Waals surface area contributed by atoms with Gasteiger partial charge in [0, 0.05) is 27.3 Å². The summed E-state index contributed by atoms with van der Waals surface area (Å²) in [5.74, 6) is -1.39. The Morgan fingerprint density at radius 1 is 1.00 bits per heavy atom. The largest absolute Gasteiger partial charge is 0.507 e. The number of hydrogen-bond donors (Lipinski definition) is 3. The highest BCUT2D eigenvalue weighted by atomic mass is 79.9. The highest BCUT2D eigenvalue weighted by Gasteiger charge is 2.57. The molecule has 4 atom stereocenters. The number of halogens is 1. The Morgan fingerprint density at radius 2 is 1.75 bits per heavy atom. The molecular formula is C36H37BrN2O5. The van der Waals surface area contributed by atoms with E-state index in [0.29, 0.717) is 25.1 Å². The number of para-hydroxylation sites is 1. The van der Waals surface area contributed by atoms with Crippen LogP contribution in [-0.4, -0.2) is 41.3 Å². The fourth-order valence-electron chi connectivity index (χ4n) is 7.02. The van der Waals surface area contributed by atoms with Crippen molar-refractivity contribution in [1.82, 2.24) is 0 Å². The fraction of sp³-hybridized carbons (Fsp3) is 0.333. The number of carbonyl (C=O) groups excluding carboxylic acids is 2. The summed E-state index contributed by atoms with van der Waals surface area (Å²) in [6.07, 6.45) is 5.51. The summed E-state index contributed by atoms with van der Waals surface area (Å²) >= 11 is 3.49. The van der Waals surface area contributed by atoms with Crippen LogP contribution in [0.15, 0.2) is 94.0 Å². The van der Waals surface area contributed by atoms with E-state index in [2.05, 4.69) is 28.2 Å². The quantitative estimate of drug-likeness (QED) is 0.156. The Morgan fingerprint density at radius 3 is 2.48 bits per heavy atom. The molecule has 0 unspecified atom stereocenters. The summed E-state index contributed by atoms with van der Waals surface area (Å²) in [7, 11) is 0. The fourth-order valence-corrected chi connectivity index (χ4v) is 7.40. The number of phenols is 1. The van der Waals surface area contributed by atoms with Crippen LogP contribution in [0.5, 0.6) is 5.75 Å². The van der Waals surface area contributed by atoms with Gasteiger partial charge in [-0.05, 0) is 91.4 Å². The SMILES string of the molecule is CCC/C(=C\c1cc(Br)ccc1O)CC[C@H]1OC[C@H]2C1=C(CO)C[C@H]1C(=O)N(c3ccc(Nc4ccccc4)cc3)C(=O)[C@H]12. The van der Waals surface area contributed by atoms with Gasteiger partial charge in [0.1, 0.15) is 5.75 Å². The molecule has 3 aliphatic rings. The van der Waals surface area contributed by atoms with Crippen LogP contribution in [0.25, 0.3) is 6.08 Å². The maximum atomic E-state index is 13.9. The van der Waals surface area contributed by atoms with Crippen LogP contribution in [0.2, 0.25) is 0 Å². The summed E-state index contributed by atoms with van der Waals surface area (Å²) in [4.78, 5) is 28.9. The minimum Gasteiger partial charge on any atom is -0.507 e. The van der Waals surface area contributed by atoms with E-state index in [1.807, 2.05) is 60.7 Å². The molecule has 2 heterocycles. The maximum absolute atomic E-state index is 13.9. The van der Waals surface area contributed by atoms with Crippen LogP contribution in [-0.2, 0) is 14.3 Å². The zero-order chi connectivity index (χ0) is 30.8. The van der Waals surface area contributed by atoms with E-state index >= 15 is 0 Å². The lowest BCUT2D eigenvalue weighted by molar-refractivity contribution is -0.122. The van der Waals surface area contributed by atoms with E-state index in [1.54, 1.807) is 18.2 Å². The van der Waals surface area contributed by atoms with Crippen molar-refractivity contribution in [3.63, 3.8) is 0 Å². The highest BCUT2D eigenvalue weighted by molar-refractivity contribution is 9.10. The molecular weight excluding hydrogens is 620 g/mol. The molecule has 0 radical (unpaired) electrons. The molecule has 2 fully saturated rings. The molecule has 0 saturated carbocycles. The van der Waals surface area contributed by atoms with Gasteiger partial charge in [0.2, 0.25) is 11.8 Å². The molecule has 7 nitrogen and oxygen atoms in total. The molecule has 3 N–H and O–H groups in total. The number of hydrogen-bond acceptors (Lipinski definition) is 6. The van der Waals surface area contributed by atoms with E-state index < -0.39 is 11.8 Å². The number of amides is 2. The van der Waals surface area contributed by atoms with Crippen molar-refractivity contribution in [2.45, 2.75) is 45.1 Å². The molecule has 6 rings (SSSR count). The van der Waals surface area contributed by atoms with Crippen molar-refractivity contribution in [3.8, 4) is 5.75 Å². The monoisotopic (exact) mass is 656 g/mol. The molecule has 3 aromatic rings. The first kappa shape index (κ1) is 30.3. The third-order valence-electron chi connectivity index (χ3n) is 9.03. The second-order valence-electron chi connectivity index (χ2n) is 11.8. The van der Waals surface area contributed by atoms with Gasteiger partial charge in [-0.2, -0.15) is 0 Å². The molecule has 0 bridgehead atoms. The number of phenolic OH excluding ortho intramolecular Hbond substituents is 1. The van der Waals surface area contributed by atoms with E-state index in [9.17, 15) is 19.8 Å². The van der Waals surface area contributed by atoms with Crippen molar-refractivity contribution < 1.29 is 24.5 Å². The smallest absolute Gasteiger partial charge is 0.238 e. The Balaban J connectivity index is 1.19. The van der Waals surface area contributed by atoms with Gasteiger partial charge < -0.3 is 20.3 Å². The van der Waals surface area contributed by atoms with Gasteiger partial charge >= 0.3 is 0 Å². The number of rotatable bonds is 10. The summed E-state index contributed by atoms with van der Waals surface area (Å²) in [5, 5.41) is 24.1. The third kappa shape index (κ3) is 5.99. The lowest BCUT2D eigenvalue weighted by Gasteiger charge is -2.31. The molecule has 2 aliphatic heterocycles. The Kier molecular flexibility index (Phi) is 9.03. The highest BCUT2D eigenvalue weighted by Crippen LogP contribution is 2.50. The van der Waals surface area contributed by atoms with Gasteiger partial charge in [-0.25, -0.2) is 0 Å². The number of ether oxygens (including phenoxy) is 1. The van der Waals surface area contributed by atoms with Crippen LogP contribution in [0, 0.1) is 17.8 Å². The summed E-state index contributed by atoms with van der Waals surface area (Å²) in [5.41, 5.74) is 6.17. The second kappa shape index (κ2) is 13.1. The number of carbonyl (C=O) groups is 2. The molecule has 2 amide bonds. The van der Waals surface area contributed by atoms with Gasteiger partial charge in [-0.1, -0.05) is 59.1 Å². The minimum atomic E-state index is -0.502. The first-order valence-corrected chi connectivity index (χ1v) is 16.1. The Labute approximate surface area is 266 Å². The number of fused-ring (bicyclic) bond motifs is 3. The number of allylic oxidation sites excluding steroid dienone is 1. The molecule has 44 heavy (non-hydrogen) atoms. The number of aliphatic hydroxyl groups is 1. The lowest BCUT2D eigenvalue weighted by atomic mass is 9.69. The van der Waals surface area contributed by atoms with Crippen molar-refractivity contribution >= 4 is 50.9 Å². The molecule has 0 spiro atoms. The summed E-state index contributed by atoms with van der Waals surface area (Å²) in [6.45, 7) is 2.34. The summed E-state index contributed by atoms with van der Waals surface area (Å²) < 4.78 is 7.22. The zero-order valence-electron chi connectivity index (χ0n) is 24.7. The van der Waals surface area contributed by atoms with Gasteiger partial charge in [0.15, 0.2) is 0 Å². The number of benzene rings is 3. The van der Waals surface area contributed by atoms with E-state index in [4.69, 9.17) is 4.74 Å². The van der Waals surface area contributed by atoms with Crippen LogP contribution in [0.3, 0.4) is 0 Å². The van der Waals surface area contributed by atoms with Crippen LogP contribution in [0.1, 0.15) is 44.6 Å². The van der Waals surface area contributed by atoms with Crippen LogP contribution < -0.4 is 10.2 Å². The van der Waals surface area contributed by atoms with Crippen molar-refractivity contribution in [3.05, 3.63) is 99.6 Å². The minimum absolute atomic E-state index is 0.153. The number of aromatic hydroxyl groups is 1. The predicted octanol–water partition coefficient (Wildman–Crippen LogP) is 7.38. The average Bonchev–Trinajstić information content (AvgIpc) is 3.56. The van der Waals surface area contributed by atoms with Crippen LogP contribution in [0.4, 0.5) is 17.1 Å². The maximum Gasteiger partial charge on any atom is 0.238 e. The van der Waals surface area contributed by atoms with E-state index in [1.165, 1.54) is 10.5 Å². The van der Waals surface area contributed by atoms with Crippen molar-refractivity contribution in [2.24, 2.45) is 17.8 Å². The molecule has 228 valence electrons. The van der Waals surface area contributed by atoms with Crippen molar-refractivity contribution in [2.75, 3.05) is 23.4 Å². The standard InChI is InChI=1S/C36H37BrN2O5/c1-2-6-22(17-23-18-25(37)10-15-31(23)41)9-16-32-33-24(20-40)19-29-34(30(33)21-44-32)36(43)39(35(29)42)28-13-11-27(12-14-28)38-26-7-4-3-5-8-26/h3-5,7-8,10-15,17-18,29-30,32,34,38,40-41H,2,6,9,16,19-21H2,1H3/b22-17+/t29-,30+,32-,34-/m1/s1. The number of nitrogens with zero attached hydrogens (tertiary/aromatic N) is 1. The van der Waals surface area contributed by atoms with Crippen LogP contribution >= 0.6 is 15.9 Å². The average molecular weight is 658 g/mol. The topological polar surface area (TPSA) is 99.1 Å². The first-order valence-electron chi connectivity index (χ1n) is 15.3. The summed E-state index contributed by atoms with van der Waals surface area (Å²) in [6, 6.07) is 22.6. The normalized spacial score (nSPS) is 23.2. The van der Waals surface area contributed by atoms with Gasteiger partial charge in [0.25, 0.3) is 0 Å². The third-order valence-corrected chi connectivity index (χ3v) is 9.53. The number of nitrogens with one attached hydrogen (secondary N) is 1. The van der Waals surface area contributed by atoms with Gasteiger partial charge in [-0.15, -0.1) is 0 Å². The number of aliphatic hydroxyl groups excluding tert-OH is 1. The predicted molar refractivity (Wildman–Crippen MR) is 176 cm³/mol. The first-order chi connectivity index (χ1) is 21.4. The molecule has 2 saturated heterocycles. The van der Waals surface area contributed by atoms with Gasteiger partial charge in [-0.3, -0.25) is 14.5 Å². The molecule has 8 heteroatoms. The number of anilines is 3. The van der Waals surface area contributed by atoms with Crippen molar-refractivity contribution in [1.29, 1.82) is 0 Å². The lowest BCUT2D eigenvalue weighted by Crippen LogP contribution is -2.35. The second-order valence-corrected chi connectivity index (χ2v) is 12.7. The molecule has 0 aromatic heterocycles. The molecule has 1 aliphatic carbocycles.